The molecule has 9 aromatic carbocycles. The Labute approximate surface area is 309 Å². The number of para-hydroxylation sites is 1. The summed E-state index contributed by atoms with van der Waals surface area (Å²) in [5.41, 5.74) is 4.97. The van der Waals surface area contributed by atoms with Crippen molar-refractivity contribution in [3.8, 4) is 0 Å². The van der Waals surface area contributed by atoms with Crippen LogP contribution < -0.4 is 25.6 Å². The highest BCUT2D eigenvalue weighted by Gasteiger charge is 2.41. The largest absolute Gasteiger partial charge is 0.453 e. The van der Waals surface area contributed by atoms with E-state index in [-0.39, 0.29) is 0 Å². The summed E-state index contributed by atoms with van der Waals surface area (Å²) >= 11 is 0. The standard InChI is InChI=1S/C50H35NOSi/c1-4-21-39(22-5-1)53(40-23-6-2-7-24-40,41-25-8-3-9-26-41)42-27-15-20-38(35-42)51(47-31-14-19-36-17-10-12-28-43(36)47)48-32-16-30-45-46-34-33-37-18-11-13-29-44(37)49(46)52-50(45)48/h1-35H. The summed E-state index contributed by atoms with van der Waals surface area (Å²) in [6.07, 6.45) is 0. The first-order chi connectivity index (χ1) is 26.3. The number of benzene rings is 9. The summed E-state index contributed by atoms with van der Waals surface area (Å²) in [6.45, 7) is 0. The topological polar surface area (TPSA) is 16.4 Å². The van der Waals surface area contributed by atoms with Crippen molar-refractivity contribution in [1.82, 2.24) is 0 Å². The molecule has 0 amide bonds. The molecule has 0 spiro atoms. The molecule has 2 nitrogen and oxygen atoms in total. The van der Waals surface area contributed by atoms with Crippen LogP contribution in [0.25, 0.3) is 43.5 Å². The number of anilines is 3. The first kappa shape index (κ1) is 31.1. The van der Waals surface area contributed by atoms with Crippen LogP contribution in [0.4, 0.5) is 17.1 Å². The van der Waals surface area contributed by atoms with Crippen molar-refractivity contribution in [3.05, 3.63) is 212 Å². The van der Waals surface area contributed by atoms with Gasteiger partial charge in [0.1, 0.15) is 5.58 Å². The molecule has 1 heterocycles. The van der Waals surface area contributed by atoms with E-state index in [1.807, 2.05) is 0 Å². The van der Waals surface area contributed by atoms with Crippen molar-refractivity contribution in [2.75, 3.05) is 4.90 Å². The van der Waals surface area contributed by atoms with Crippen molar-refractivity contribution < 1.29 is 4.42 Å². The number of hydrogen-bond acceptors (Lipinski definition) is 2. The molecule has 1 aromatic heterocycles. The van der Waals surface area contributed by atoms with E-state index < -0.39 is 8.07 Å². The zero-order valence-electron chi connectivity index (χ0n) is 29.1. The molecule has 250 valence electrons. The van der Waals surface area contributed by atoms with Gasteiger partial charge in [0.05, 0.1) is 11.4 Å². The minimum absolute atomic E-state index is 0.870. The molecule has 0 bridgehead atoms. The minimum atomic E-state index is -2.79. The van der Waals surface area contributed by atoms with Gasteiger partial charge >= 0.3 is 0 Å². The second-order valence-electron chi connectivity index (χ2n) is 13.7. The summed E-state index contributed by atoms with van der Waals surface area (Å²) in [5.74, 6) is 0. The third kappa shape index (κ3) is 5.01. The van der Waals surface area contributed by atoms with Crippen molar-refractivity contribution in [2.24, 2.45) is 0 Å². The quantitative estimate of drug-likeness (QED) is 0.122. The summed E-state index contributed by atoms with van der Waals surface area (Å²) < 4.78 is 7.01. The Morgan fingerprint density at radius 1 is 0.321 bits per heavy atom. The van der Waals surface area contributed by atoms with Gasteiger partial charge in [-0.25, -0.2) is 0 Å². The Kier molecular flexibility index (Phi) is 7.52. The van der Waals surface area contributed by atoms with E-state index in [0.717, 1.165) is 44.4 Å². The van der Waals surface area contributed by atoms with Crippen LogP contribution in [0.5, 0.6) is 0 Å². The van der Waals surface area contributed by atoms with E-state index in [1.54, 1.807) is 0 Å². The second kappa shape index (κ2) is 12.8. The summed E-state index contributed by atoms with van der Waals surface area (Å²) in [4.78, 5) is 2.42. The van der Waals surface area contributed by atoms with Gasteiger partial charge in [-0.15, -0.1) is 0 Å². The van der Waals surface area contributed by atoms with Crippen molar-refractivity contribution in [1.29, 1.82) is 0 Å². The molecule has 0 radical (unpaired) electrons. The molecule has 0 saturated heterocycles. The molecule has 53 heavy (non-hydrogen) atoms. The SMILES string of the molecule is c1ccc([Si](c2ccccc2)(c2ccccc2)c2cccc(N(c3cccc4ccccc34)c3cccc4c3oc3c5ccccc5ccc43)c2)cc1. The molecule has 0 aliphatic rings. The molecule has 0 aliphatic carbocycles. The van der Waals surface area contributed by atoms with Crippen LogP contribution in [0.2, 0.25) is 0 Å². The molecule has 10 rings (SSSR count). The Morgan fingerprint density at radius 2 is 0.792 bits per heavy atom. The Bertz CT molecular complexity index is 2800. The Balaban J connectivity index is 1.29. The smallest absolute Gasteiger partial charge is 0.179 e. The van der Waals surface area contributed by atoms with Gasteiger partial charge in [-0.3, -0.25) is 0 Å². The van der Waals surface area contributed by atoms with Gasteiger partial charge in [0.25, 0.3) is 0 Å². The van der Waals surface area contributed by atoms with E-state index in [1.165, 1.54) is 36.9 Å². The van der Waals surface area contributed by atoms with Crippen molar-refractivity contribution in [2.45, 2.75) is 0 Å². The monoisotopic (exact) mass is 693 g/mol. The first-order valence-corrected chi connectivity index (χ1v) is 20.2. The van der Waals surface area contributed by atoms with Gasteiger partial charge in [0.2, 0.25) is 0 Å². The van der Waals surface area contributed by atoms with E-state index in [4.69, 9.17) is 4.42 Å². The number of hydrogen-bond donors (Lipinski definition) is 0. The molecule has 0 aliphatic heterocycles. The van der Waals surface area contributed by atoms with E-state index in [2.05, 4.69) is 217 Å². The van der Waals surface area contributed by atoms with Crippen molar-refractivity contribution in [3.63, 3.8) is 0 Å². The molecular formula is C50H35NOSi. The summed E-state index contributed by atoms with van der Waals surface area (Å²) in [7, 11) is -2.79. The van der Waals surface area contributed by atoms with Crippen LogP contribution in [0.3, 0.4) is 0 Å². The number of fused-ring (bicyclic) bond motifs is 6. The molecule has 0 saturated carbocycles. The Hall–Kier alpha value is -6.68. The average molecular weight is 694 g/mol. The highest BCUT2D eigenvalue weighted by Crippen LogP contribution is 2.45. The van der Waals surface area contributed by atoms with Gasteiger partial charge < -0.3 is 9.32 Å². The molecule has 0 fully saturated rings. The lowest BCUT2D eigenvalue weighted by Gasteiger charge is -2.35. The third-order valence-electron chi connectivity index (χ3n) is 10.8. The summed E-state index contributed by atoms with van der Waals surface area (Å²) in [6, 6.07) is 77.4. The molecule has 0 N–H and O–H groups in total. The lowest BCUT2D eigenvalue weighted by Crippen LogP contribution is -2.74. The fraction of sp³-hybridized carbons (Fsp3) is 0. The predicted octanol–water partition coefficient (Wildman–Crippen LogP) is 10.7. The normalized spacial score (nSPS) is 11.8. The molecule has 0 atom stereocenters. The lowest BCUT2D eigenvalue weighted by atomic mass is 10.0. The highest BCUT2D eigenvalue weighted by molar-refractivity contribution is 7.19. The van der Waals surface area contributed by atoms with Crippen LogP contribution >= 0.6 is 0 Å². The van der Waals surface area contributed by atoms with E-state index >= 15 is 0 Å². The van der Waals surface area contributed by atoms with Crippen LogP contribution in [0.15, 0.2) is 217 Å². The van der Waals surface area contributed by atoms with Crippen LogP contribution in [-0.2, 0) is 0 Å². The molecule has 0 unspecified atom stereocenters. The lowest BCUT2D eigenvalue weighted by molar-refractivity contribution is 0.673. The first-order valence-electron chi connectivity index (χ1n) is 18.2. The number of rotatable bonds is 7. The average Bonchev–Trinajstić information content (AvgIpc) is 3.63. The van der Waals surface area contributed by atoms with Gasteiger partial charge in [-0.1, -0.05) is 182 Å². The highest BCUT2D eigenvalue weighted by atomic mass is 28.3. The zero-order chi connectivity index (χ0) is 35.2. The maximum Gasteiger partial charge on any atom is 0.179 e. The second-order valence-corrected chi connectivity index (χ2v) is 17.5. The Morgan fingerprint density at radius 3 is 1.47 bits per heavy atom. The van der Waals surface area contributed by atoms with Gasteiger partial charge in [0.15, 0.2) is 13.7 Å². The predicted molar refractivity (Wildman–Crippen MR) is 227 cm³/mol. The zero-order valence-corrected chi connectivity index (χ0v) is 30.1. The van der Waals surface area contributed by atoms with Gasteiger partial charge in [-0.2, -0.15) is 0 Å². The minimum Gasteiger partial charge on any atom is -0.453 e. The summed E-state index contributed by atoms with van der Waals surface area (Å²) in [5, 5.41) is 12.2. The fourth-order valence-electron chi connectivity index (χ4n) is 8.44. The number of nitrogens with zero attached hydrogens (tertiary/aromatic N) is 1. The molecular weight excluding hydrogens is 659 g/mol. The number of furan rings is 1. The van der Waals surface area contributed by atoms with Gasteiger partial charge in [0, 0.05) is 27.2 Å². The van der Waals surface area contributed by atoms with Crippen LogP contribution in [0, 0.1) is 0 Å². The maximum atomic E-state index is 7.01. The molecule has 10 aromatic rings. The van der Waals surface area contributed by atoms with Crippen molar-refractivity contribution >= 4 is 89.4 Å². The van der Waals surface area contributed by atoms with E-state index in [0.29, 0.717) is 0 Å². The maximum absolute atomic E-state index is 7.01. The fourth-order valence-corrected chi connectivity index (χ4v) is 13.2. The third-order valence-corrected chi connectivity index (χ3v) is 15.5. The van der Waals surface area contributed by atoms with Gasteiger partial charge in [-0.05, 0) is 61.9 Å². The molecule has 3 heteroatoms. The van der Waals surface area contributed by atoms with Crippen LogP contribution in [0.1, 0.15) is 0 Å². The van der Waals surface area contributed by atoms with E-state index in [9.17, 15) is 0 Å². The van der Waals surface area contributed by atoms with Crippen LogP contribution in [-0.4, -0.2) is 8.07 Å².